The Balaban J connectivity index is 2.24. The number of thioether (sulfide) groups is 1. The van der Waals surface area contributed by atoms with Crippen LogP contribution in [0.25, 0.3) is 0 Å². The third-order valence-electron chi connectivity index (χ3n) is 3.15. The van der Waals surface area contributed by atoms with Crippen molar-refractivity contribution in [2.24, 2.45) is 11.5 Å². The van der Waals surface area contributed by atoms with Gasteiger partial charge >= 0.3 is 0 Å². The first-order valence-electron chi connectivity index (χ1n) is 5.70. The molecule has 2 atom stereocenters. The fraction of sp³-hybridized carbons (Fsp3) is 0.538. The SMILES string of the molecule is CC1(N)C=CC2=C(C=C1)CSC(C)(N)CC2. The second-order valence-electron chi connectivity index (χ2n) is 5.18. The molecule has 0 saturated heterocycles. The Bertz CT molecular complexity index is 343. The standard InChI is InChI=1S/C13H20N2S/c1-12(14)6-3-10-5-8-13(2,15)16-9-11(10)4-7-12/h3-4,6-7H,5,8-9,14-15H2,1-2H3. The zero-order chi connectivity index (χ0) is 11.8. The highest BCUT2D eigenvalue weighted by atomic mass is 32.2. The molecule has 0 spiro atoms. The average Bonchev–Trinajstić information content (AvgIpc) is 2.40. The van der Waals surface area contributed by atoms with E-state index in [0.717, 1.165) is 18.6 Å². The fourth-order valence-electron chi connectivity index (χ4n) is 1.91. The van der Waals surface area contributed by atoms with Crippen LogP contribution < -0.4 is 11.5 Å². The highest BCUT2D eigenvalue weighted by molar-refractivity contribution is 8.00. The largest absolute Gasteiger partial charge is 0.319 e. The van der Waals surface area contributed by atoms with Crippen LogP contribution >= 0.6 is 11.8 Å². The fourth-order valence-corrected chi connectivity index (χ4v) is 2.93. The summed E-state index contributed by atoms with van der Waals surface area (Å²) in [5.74, 6) is 0.985. The topological polar surface area (TPSA) is 52.0 Å². The van der Waals surface area contributed by atoms with Gasteiger partial charge in [-0.15, -0.1) is 11.8 Å². The van der Waals surface area contributed by atoms with Gasteiger partial charge in [0.25, 0.3) is 0 Å². The van der Waals surface area contributed by atoms with E-state index in [1.165, 1.54) is 11.1 Å². The van der Waals surface area contributed by atoms with Gasteiger partial charge in [0.15, 0.2) is 0 Å². The molecule has 0 aromatic carbocycles. The Morgan fingerprint density at radius 2 is 1.75 bits per heavy atom. The Morgan fingerprint density at radius 1 is 1.12 bits per heavy atom. The second-order valence-corrected chi connectivity index (χ2v) is 6.69. The molecule has 0 fully saturated rings. The van der Waals surface area contributed by atoms with E-state index in [1.54, 1.807) is 0 Å². The third kappa shape index (κ3) is 2.78. The van der Waals surface area contributed by atoms with E-state index in [-0.39, 0.29) is 10.4 Å². The Kier molecular flexibility index (Phi) is 3.03. The summed E-state index contributed by atoms with van der Waals surface area (Å²) in [6, 6.07) is 0. The molecule has 2 rings (SSSR count). The molecule has 0 bridgehead atoms. The van der Waals surface area contributed by atoms with Gasteiger partial charge in [0, 0.05) is 5.75 Å². The van der Waals surface area contributed by atoms with Crippen LogP contribution in [0.5, 0.6) is 0 Å². The summed E-state index contributed by atoms with van der Waals surface area (Å²) in [6.45, 7) is 4.14. The van der Waals surface area contributed by atoms with Crippen molar-refractivity contribution in [1.29, 1.82) is 0 Å². The van der Waals surface area contributed by atoms with E-state index in [0.29, 0.717) is 0 Å². The maximum atomic E-state index is 6.19. The first-order chi connectivity index (χ1) is 7.38. The van der Waals surface area contributed by atoms with Crippen molar-refractivity contribution >= 4 is 11.8 Å². The molecule has 2 unspecified atom stereocenters. The zero-order valence-corrected chi connectivity index (χ0v) is 10.8. The molecule has 0 amide bonds. The monoisotopic (exact) mass is 236 g/mol. The highest BCUT2D eigenvalue weighted by Gasteiger charge is 2.25. The Morgan fingerprint density at radius 3 is 2.44 bits per heavy atom. The van der Waals surface area contributed by atoms with E-state index < -0.39 is 0 Å². The van der Waals surface area contributed by atoms with Gasteiger partial charge in [-0.1, -0.05) is 24.3 Å². The maximum Gasteiger partial charge on any atom is 0.0598 e. The van der Waals surface area contributed by atoms with E-state index in [9.17, 15) is 0 Å². The lowest BCUT2D eigenvalue weighted by molar-refractivity contribution is 0.616. The maximum absolute atomic E-state index is 6.19. The van der Waals surface area contributed by atoms with Crippen LogP contribution in [-0.2, 0) is 0 Å². The zero-order valence-electron chi connectivity index (χ0n) is 9.99. The van der Waals surface area contributed by atoms with Gasteiger partial charge in [0.2, 0.25) is 0 Å². The van der Waals surface area contributed by atoms with Crippen LogP contribution in [-0.4, -0.2) is 16.2 Å². The molecule has 1 aliphatic carbocycles. The van der Waals surface area contributed by atoms with Crippen LogP contribution in [0.4, 0.5) is 0 Å². The van der Waals surface area contributed by atoms with Gasteiger partial charge < -0.3 is 11.5 Å². The lowest BCUT2D eigenvalue weighted by Crippen LogP contribution is -2.32. The van der Waals surface area contributed by atoms with E-state index in [4.69, 9.17) is 11.5 Å². The molecule has 2 nitrogen and oxygen atoms in total. The van der Waals surface area contributed by atoms with Crippen molar-refractivity contribution in [2.45, 2.75) is 37.1 Å². The van der Waals surface area contributed by atoms with Crippen LogP contribution in [0.3, 0.4) is 0 Å². The van der Waals surface area contributed by atoms with Crippen molar-refractivity contribution < 1.29 is 0 Å². The summed E-state index contributed by atoms with van der Waals surface area (Å²) in [7, 11) is 0. The lowest BCUT2D eigenvalue weighted by atomic mass is 10.0. The molecule has 88 valence electrons. The predicted molar refractivity (Wildman–Crippen MR) is 72.2 cm³/mol. The summed E-state index contributed by atoms with van der Waals surface area (Å²) in [6.07, 6.45) is 10.6. The van der Waals surface area contributed by atoms with E-state index >= 15 is 0 Å². The van der Waals surface area contributed by atoms with Gasteiger partial charge in [-0.25, -0.2) is 0 Å². The number of nitrogens with two attached hydrogens (primary N) is 2. The number of hydrogen-bond donors (Lipinski definition) is 2. The molecule has 3 heteroatoms. The van der Waals surface area contributed by atoms with Crippen molar-refractivity contribution in [1.82, 2.24) is 0 Å². The normalized spacial score (nSPS) is 39.2. The molecule has 0 radical (unpaired) electrons. The quantitative estimate of drug-likeness (QED) is 0.678. The molecule has 0 saturated carbocycles. The number of hydrogen-bond acceptors (Lipinski definition) is 3. The van der Waals surface area contributed by atoms with Crippen molar-refractivity contribution in [3.05, 3.63) is 35.5 Å². The van der Waals surface area contributed by atoms with Crippen LogP contribution in [0.1, 0.15) is 26.7 Å². The van der Waals surface area contributed by atoms with Gasteiger partial charge in [-0.05, 0) is 37.8 Å². The smallest absolute Gasteiger partial charge is 0.0598 e. The van der Waals surface area contributed by atoms with Crippen molar-refractivity contribution in [3.63, 3.8) is 0 Å². The second kappa shape index (κ2) is 4.06. The minimum atomic E-state index is -0.317. The van der Waals surface area contributed by atoms with Crippen LogP contribution in [0.15, 0.2) is 35.5 Å². The van der Waals surface area contributed by atoms with Gasteiger partial charge in [0.05, 0.1) is 10.4 Å². The van der Waals surface area contributed by atoms with Gasteiger partial charge in [0.1, 0.15) is 0 Å². The molecule has 4 N–H and O–H groups in total. The first kappa shape index (κ1) is 12.0. The molecular weight excluding hydrogens is 216 g/mol. The molecule has 0 aromatic rings. The van der Waals surface area contributed by atoms with Gasteiger partial charge in [-0.3, -0.25) is 0 Å². The van der Waals surface area contributed by atoms with Crippen molar-refractivity contribution in [2.75, 3.05) is 5.75 Å². The van der Waals surface area contributed by atoms with Crippen LogP contribution in [0.2, 0.25) is 0 Å². The van der Waals surface area contributed by atoms with E-state index in [2.05, 4.69) is 31.2 Å². The Labute approximate surface area is 102 Å². The third-order valence-corrected chi connectivity index (χ3v) is 4.47. The molecule has 1 aliphatic heterocycles. The highest BCUT2D eigenvalue weighted by Crippen LogP contribution is 2.35. The number of rotatable bonds is 0. The molecule has 16 heavy (non-hydrogen) atoms. The summed E-state index contributed by atoms with van der Waals surface area (Å²) in [5, 5.41) is 0. The molecule has 0 aromatic heterocycles. The minimum Gasteiger partial charge on any atom is -0.319 e. The number of allylic oxidation sites excluding steroid dienone is 3. The summed E-state index contributed by atoms with van der Waals surface area (Å²) >= 11 is 1.83. The minimum absolute atomic E-state index is 0.0973. The summed E-state index contributed by atoms with van der Waals surface area (Å²) in [5.41, 5.74) is 14.7. The van der Waals surface area contributed by atoms with Crippen LogP contribution in [0, 0.1) is 0 Å². The van der Waals surface area contributed by atoms with Crippen molar-refractivity contribution in [3.8, 4) is 0 Å². The Hall–Kier alpha value is -0.510. The summed E-state index contributed by atoms with van der Waals surface area (Å²) < 4.78 is 0. The lowest BCUT2D eigenvalue weighted by Gasteiger charge is -2.21. The van der Waals surface area contributed by atoms with E-state index in [1.807, 2.05) is 18.7 Å². The molecular formula is C13H20N2S. The molecule has 2 aliphatic rings. The average molecular weight is 236 g/mol. The summed E-state index contributed by atoms with van der Waals surface area (Å²) in [4.78, 5) is -0.0973. The molecule has 1 heterocycles. The first-order valence-corrected chi connectivity index (χ1v) is 6.69. The van der Waals surface area contributed by atoms with Gasteiger partial charge in [-0.2, -0.15) is 0 Å². The predicted octanol–water partition coefficient (Wildman–Crippen LogP) is 2.33.